The van der Waals surface area contributed by atoms with Gasteiger partial charge in [-0.25, -0.2) is 9.97 Å². The molecule has 3 aromatic heterocycles. The van der Waals surface area contributed by atoms with Crippen LogP contribution >= 0.6 is 0 Å². The van der Waals surface area contributed by atoms with E-state index in [2.05, 4.69) is 167 Å². The van der Waals surface area contributed by atoms with E-state index in [-0.39, 0.29) is 0 Å². The number of hydrogen-bond acceptors (Lipinski definition) is 2. The molecule has 50 heavy (non-hydrogen) atoms. The van der Waals surface area contributed by atoms with Crippen LogP contribution in [0, 0.1) is 0 Å². The van der Waals surface area contributed by atoms with Crippen LogP contribution in [0.4, 0.5) is 0 Å². The molecule has 0 bridgehead atoms. The Labute approximate surface area is 289 Å². The lowest BCUT2D eigenvalue weighted by Gasteiger charge is -2.10. The van der Waals surface area contributed by atoms with Gasteiger partial charge in [0.05, 0.1) is 27.6 Å². The van der Waals surface area contributed by atoms with E-state index in [1.807, 2.05) is 24.3 Å². The summed E-state index contributed by atoms with van der Waals surface area (Å²) in [5.74, 6) is 0.706. The minimum Gasteiger partial charge on any atom is -0.309 e. The van der Waals surface area contributed by atoms with Gasteiger partial charge in [-0.1, -0.05) is 133 Å². The molecule has 0 aliphatic carbocycles. The van der Waals surface area contributed by atoms with Gasteiger partial charge >= 0.3 is 0 Å². The fourth-order valence-corrected chi connectivity index (χ4v) is 7.45. The molecule has 0 aliphatic rings. The molecule has 0 saturated heterocycles. The molecule has 0 radical (unpaired) electrons. The highest BCUT2D eigenvalue weighted by Gasteiger charge is 2.21. The van der Waals surface area contributed by atoms with Crippen LogP contribution in [0.5, 0.6) is 0 Å². The molecular formula is C46H30N4. The molecule has 3 heterocycles. The summed E-state index contributed by atoms with van der Waals surface area (Å²) in [6.45, 7) is 0. The highest BCUT2D eigenvalue weighted by Crippen LogP contribution is 2.40. The normalized spacial score (nSPS) is 11.6. The minimum absolute atomic E-state index is 0.706. The number of rotatable bonds is 5. The van der Waals surface area contributed by atoms with Crippen LogP contribution in [0.1, 0.15) is 0 Å². The van der Waals surface area contributed by atoms with Crippen molar-refractivity contribution in [2.24, 2.45) is 0 Å². The molecule has 0 fully saturated rings. The number of benzene rings is 7. The maximum absolute atomic E-state index is 5.29. The highest BCUT2D eigenvalue weighted by atomic mass is 15.1. The molecule has 0 N–H and O–H groups in total. The van der Waals surface area contributed by atoms with Gasteiger partial charge in [-0.2, -0.15) is 0 Å². The third-order valence-corrected chi connectivity index (χ3v) is 9.74. The first-order chi connectivity index (χ1) is 24.8. The first-order valence-corrected chi connectivity index (χ1v) is 16.9. The van der Waals surface area contributed by atoms with E-state index in [0.717, 1.165) is 61.3 Å². The quantitative estimate of drug-likeness (QED) is 0.188. The summed E-state index contributed by atoms with van der Waals surface area (Å²) in [6.07, 6.45) is 0. The lowest BCUT2D eigenvalue weighted by atomic mass is 10.0. The van der Waals surface area contributed by atoms with Crippen molar-refractivity contribution in [3.8, 4) is 45.1 Å². The summed E-state index contributed by atoms with van der Waals surface area (Å²) in [7, 11) is 0. The molecule has 4 heteroatoms. The van der Waals surface area contributed by atoms with Crippen LogP contribution in [0.2, 0.25) is 0 Å². The van der Waals surface area contributed by atoms with Crippen LogP contribution in [0.3, 0.4) is 0 Å². The van der Waals surface area contributed by atoms with Gasteiger partial charge in [0.25, 0.3) is 0 Å². The Morgan fingerprint density at radius 2 is 0.860 bits per heavy atom. The fraction of sp³-hybridized carbons (Fsp3) is 0. The van der Waals surface area contributed by atoms with Crippen molar-refractivity contribution in [3.63, 3.8) is 0 Å². The van der Waals surface area contributed by atoms with Crippen molar-refractivity contribution in [3.05, 3.63) is 182 Å². The van der Waals surface area contributed by atoms with Gasteiger partial charge in [0, 0.05) is 38.7 Å². The van der Waals surface area contributed by atoms with Gasteiger partial charge in [0.15, 0.2) is 5.82 Å². The number of para-hydroxylation sites is 3. The Morgan fingerprint density at radius 1 is 0.340 bits per heavy atom. The van der Waals surface area contributed by atoms with Crippen LogP contribution in [-0.4, -0.2) is 19.1 Å². The number of nitrogens with zero attached hydrogens (tertiary/aromatic N) is 4. The summed E-state index contributed by atoms with van der Waals surface area (Å²) in [4.78, 5) is 10.5. The average molecular weight is 639 g/mol. The summed E-state index contributed by atoms with van der Waals surface area (Å²) in [5.41, 5.74) is 11.9. The molecule has 4 nitrogen and oxygen atoms in total. The zero-order valence-corrected chi connectivity index (χ0v) is 27.1. The van der Waals surface area contributed by atoms with E-state index in [4.69, 9.17) is 9.97 Å². The lowest BCUT2D eigenvalue weighted by Crippen LogP contribution is -1.99. The van der Waals surface area contributed by atoms with Gasteiger partial charge in [0.2, 0.25) is 0 Å². The first-order valence-electron chi connectivity index (χ1n) is 16.9. The lowest BCUT2D eigenvalue weighted by molar-refractivity contribution is 1.11. The van der Waals surface area contributed by atoms with Crippen molar-refractivity contribution in [2.45, 2.75) is 0 Å². The Hall–Kier alpha value is -6.78. The second-order valence-corrected chi connectivity index (χ2v) is 12.6. The highest BCUT2D eigenvalue weighted by molar-refractivity contribution is 6.15. The predicted molar refractivity (Wildman–Crippen MR) is 207 cm³/mol. The van der Waals surface area contributed by atoms with Gasteiger partial charge in [-0.15, -0.1) is 0 Å². The SMILES string of the molecule is c1ccc(-c2nc(-c3ccccc3)c3c4cc(-c5ccc(-n6c7ccccc7c7ccccc76)cc5)ccc4n(-c4ccccc4)c3n2)cc1. The summed E-state index contributed by atoms with van der Waals surface area (Å²) >= 11 is 0. The van der Waals surface area contributed by atoms with Crippen LogP contribution in [0.25, 0.3) is 88.9 Å². The Kier molecular flexibility index (Phi) is 6.46. The second kappa shape index (κ2) is 11.4. The van der Waals surface area contributed by atoms with Crippen LogP contribution in [0.15, 0.2) is 182 Å². The van der Waals surface area contributed by atoms with Crippen molar-refractivity contribution >= 4 is 43.7 Å². The number of fused-ring (bicyclic) bond motifs is 6. The molecule has 10 aromatic rings. The molecule has 0 aliphatic heterocycles. The van der Waals surface area contributed by atoms with Crippen LogP contribution < -0.4 is 0 Å². The zero-order chi connectivity index (χ0) is 33.0. The van der Waals surface area contributed by atoms with E-state index in [9.17, 15) is 0 Å². The Balaban J connectivity index is 1.20. The van der Waals surface area contributed by atoms with Crippen molar-refractivity contribution in [1.29, 1.82) is 0 Å². The monoisotopic (exact) mass is 638 g/mol. The maximum atomic E-state index is 5.29. The van der Waals surface area contributed by atoms with E-state index < -0.39 is 0 Å². The molecule has 0 unspecified atom stereocenters. The zero-order valence-electron chi connectivity index (χ0n) is 27.1. The molecular weight excluding hydrogens is 609 g/mol. The molecule has 10 rings (SSSR count). The smallest absolute Gasteiger partial charge is 0.162 e. The van der Waals surface area contributed by atoms with E-state index in [1.54, 1.807) is 0 Å². The van der Waals surface area contributed by atoms with Gasteiger partial charge in [-0.05, 0) is 59.7 Å². The summed E-state index contributed by atoms with van der Waals surface area (Å²) in [6, 6.07) is 64.2. The molecule has 7 aromatic carbocycles. The first kappa shape index (κ1) is 28.3. The van der Waals surface area contributed by atoms with E-state index in [1.165, 1.54) is 21.8 Å². The molecule has 0 spiro atoms. The molecule has 234 valence electrons. The second-order valence-electron chi connectivity index (χ2n) is 12.6. The number of hydrogen-bond donors (Lipinski definition) is 0. The topological polar surface area (TPSA) is 35.6 Å². The van der Waals surface area contributed by atoms with Gasteiger partial charge in [-0.3, -0.25) is 4.57 Å². The van der Waals surface area contributed by atoms with Crippen molar-refractivity contribution < 1.29 is 0 Å². The Morgan fingerprint density at radius 3 is 1.52 bits per heavy atom. The Bertz CT molecular complexity index is 2780. The molecule has 0 amide bonds. The van der Waals surface area contributed by atoms with Gasteiger partial charge in [0.1, 0.15) is 5.65 Å². The average Bonchev–Trinajstić information content (AvgIpc) is 3.71. The van der Waals surface area contributed by atoms with Crippen LogP contribution in [-0.2, 0) is 0 Å². The van der Waals surface area contributed by atoms with Crippen molar-refractivity contribution in [1.82, 2.24) is 19.1 Å². The van der Waals surface area contributed by atoms with E-state index in [0.29, 0.717) is 5.82 Å². The third-order valence-electron chi connectivity index (χ3n) is 9.74. The standard InChI is InChI=1S/C46H30N4/c1-4-14-32(15-5-1)44-43-39-30-34(31-24-27-36(28-25-31)49-40-22-12-10-20-37(40)38-21-11-13-23-41(38)49)26-29-42(39)50(35-18-8-3-9-19-35)46(43)48-45(47-44)33-16-6-2-7-17-33/h1-30H. The maximum Gasteiger partial charge on any atom is 0.162 e. The molecule has 0 saturated carbocycles. The van der Waals surface area contributed by atoms with E-state index >= 15 is 0 Å². The largest absolute Gasteiger partial charge is 0.309 e. The predicted octanol–water partition coefficient (Wildman–Crippen LogP) is 11.7. The third kappa shape index (κ3) is 4.46. The fourth-order valence-electron chi connectivity index (χ4n) is 7.45. The van der Waals surface area contributed by atoms with Crippen molar-refractivity contribution in [2.75, 3.05) is 0 Å². The minimum atomic E-state index is 0.706. The summed E-state index contributed by atoms with van der Waals surface area (Å²) in [5, 5.41) is 4.68. The van der Waals surface area contributed by atoms with Gasteiger partial charge < -0.3 is 4.57 Å². The molecule has 0 atom stereocenters. The number of aromatic nitrogens is 4. The summed E-state index contributed by atoms with van der Waals surface area (Å²) < 4.78 is 4.64.